The molecule has 0 atom stereocenters. The largest absolute Gasteiger partial charge is 0.493 e. The zero-order valence-electron chi connectivity index (χ0n) is 71.6. The summed E-state index contributed by atoms with van der Waals surface area (Å²) in [6.07, 6.45) is 41.4. The topological polar surface area (TPSA) is 124 Å². The third-order valence-electron chi connectivity index (χ3n) is 19.5. The molecule has 0 amide bonds. The van der Waals surface area contributed by atoms with Gasteiger partial charge < -0.3 is 28.4 Å². The molecule has 5 aromatic rings. The highest BCUT2D eigenvalue weighted by Crippen LogP contribution is 2.35. The third-order valence-corrected chi connectivity index (χ3v) is 23.0. The van der Waals surface area contributed by atoms with Crippen LogP contribution in [0, 0.1) is 47.4 Å². The predicted molar refractivity (Wildman–Crippen MR) is 486 cm³/mol. The van der Waals surface area contributed by atoms with Crippen LogP contribution in [-0.2, 0) is 55.0 Å². The van der Waals surface area contributed by atoms with Crippen LogP contribution < -0.4 is 28.4 Å². The second-order valence-electron chi connectivity index (χ2n) is 30.1. The van der Waals surface area contributed by atoms with E-state index in [0.717, 1.165) is 182 Å². The molecular formula is C100H138O10S4. The minimum absolute atomic E-state index is 0.0437. The molecule has 10 nitrogen and oxygen atoms in total. The van der Waals surface area contributed by atoms with Crippen molar-refractivity contribution in [3.8, 4) is 81.9 Å². The summed E-state index contributed by atoms with van der Waals surface area (Å²) in [6, 6.07) is 24.7. The van der Waals surface area contributed by atoms with Gasteiger partial charge in [0.2, 0.25) is 0 Å². The molecule has 0 bridgehead atoms. The van der Waals surface area contributed by atoms with Crippen molar-refractivity contribution in [1.82, 2.24) is 0 Å². The second kappa shape index (κ2) is 62.5. The Morgan fingerprint density at radius 1 is 0.246 bits per heavy atom. The molecule has 5 aromatic carbocycles. The van der Waals surface area contributed by atoms with Crippen LogP contribution in [-0.4, -0.2) is 60.1 Å². The molecule has 0 saturated carbocycles. The van der Waals surface area contributed by atoms with E-state index in [1.165, 1.54) is 169 Å². The summed E-state index contributed by atoms with van der Waals surface area (Å²) < 4.78 is 41.0. The molecule has 0 aliphatic rings. The van der Waals surface area contributed by atoms with Gasteiger partial charge in [-0.2, -0.15) is 0 Å². The summed E-state index contributed by atoms with van der Waals surface area (Å²) in [5, 5.41) is 0.178. The molecule has 0 fully saturated rings. The maximum atomic E-state index is 12.2. The van der Waals surface area contributed by atoms with Crippen LogP contribution in [0.5, 0.6) is 34.5 Å². The number of carbonyl (C=O) groups is 4. The summed E-state index contributed by atoms with van der Waals surface area (Å²) >= 11 is 5.06. The first kappa shape index (κ1) is 97.8. The van der Waals surface area contributed by atoms with Gasteiger partial charge in [0.05, 0.1) is 61.9 Å². The predicted octanol–water partition coefficient (Wildman–Crippen LogP) is 27.2. The number of ether oxygens (including phenoxy) is 6. The Hall–Kier alpha value is -6.78. The number of benzene rings is 5. The van der Waals surface area contributed by atoms with Gasteiger partial charge in [-0.15, -0.1) is 0 Å². The lowest BCUT2D eigenvalue weighted by molar-refractivity contribution is -0.109. The van der Waals surface area contributed by atoms with Crippen LogP contribution in [0.25, 0.3) is 0 Å². The van der Waals surface area contributed by atoms with Crippen molar-refractivity contribution in [3.63, 3.8) is 0 Å². The minimum Gasteiger partial charge on any atom is -0.493 e. The SMILES string of the molecule is CCCCCCCCOc1cc(C#Cc2cc(CSC(C)=O)cc(CSC(C)=O)c2)c(OCCCCCCCC)cc1C#CCc1cc(OCCCCCCCC)c(C#CCc2cc(OCCCCCCCC)c(C#Cc3cc(CSC(C)=O)cc(CSC(C)=O)c3)cc2OCCCCCCCC)cc1OCCCCCCCC. The van der Waals surface area contributed by atoms with Gasteiger partial charge in [0.15, 0.2) is 20.5 Å². The first-order valence-electron chi connectivity index (χ1n) is 43.7. The lowest BCUT2D eigenvalue weighted by atomic mass is 10.0. The van der Waals surface area contributed by atoms with Gasteiger partial charge in [0.1, 0.15) is 34.5 Å². The number of carbonyl (C=O) groups excluding carboxylic acids is 4. The fraction of sp³-hybridized carbons (Fsp3) is 0.580. The number of thioether (sulfide) groups is 4. The van der Waals surface area contributed by atoms with Crippen LogP contribution >= 0.6 is 47.0 Å². The van der Waals surface area contributed by atoms with E-state index in [0.29, 0.717) is 104 Å². The van der Waals surface area contributed by atoms with Crippen molar-refractivity contribution in [1.29, 1.82) is 0 Å². The molecule has 0 radical (unpaired) electrons. The third kappa shape index (κ3) is 44.0. The first-order chi connectivity index (χ1) is 55.6. The lowest BCUT2D eigenvalue weighted by Crippen LogP contribution is -2.05. The molecule has 0 aromatic heterocycles. The zero-order chi connectivity index (χ0) is 81.9. The highest BCUT2D eigenvalue weighted by Gasteiger charge is 2.18. The van der Waals surface area contributed by atoms with E-state index < -0.39 is 0 Å². The summed E-state index contributed by atoms with van der Waals surface area (Å²) in [5.74, 6) is 34.7. The van der Waals surface area contributed by atoms with Crippen molar-refractivity contribution in [2.45, 2.75) is 336 Å². The van der Waals surface area contributed by atoms with Crippen molar-refractivity contribution in [2.24, 2.45) is 0 Å². The maximum Gasteiger partial charge on any atom is 0.186 e. The van der Waals surface area contributed by atoms with Gasteiger partial charge in [-0.3, -0.25) is 19.2 Å². The Balaban J connectivity index is 1.71. The molecular weight excluding hydrogens is 1490 g/mol. The van der Waals surface area contributed by atoms with E-state index in [4.69, 9.17) is 28.4 Å². The van der Waals surface area contributed by atoms with Gasteiger partial charge in [0, 0.05) is 97.9 Å². The van der Waals surface area contributed by atoms with Gasteiger partial charge >= 0.3 is 0 Å². The number of unbranched alkanes of at least 4 members (excludes halogenated alkanes) is 30. The minimum atomic E-state index is 0.0437. The van der Waals surface area contributed by atoms with Crippen molar-refractivity contribution < 1.29 is 47.6 Å². The fourth-order valence-corrected chi connectivity index (χ4v) is 15.2. The average molecular weight is 1630 g/mol. The summed E-state index contributed by atoms with van der Waals surface area (Å²) in [7, 11) is 0. The van der Waals surface area contributed by atoms with Crippen molar-refractivity contribution >= 4 is 67.5 Å². The van der Waals surface area contributed by atoms with Crippen molar-refractivity contribution in [2.75, 3.05) is 39.6 Å². The highest BCUT2D eigenvalue weighted by molar-refractivity contribution is 8.13. The van der Waals surface area contributed by atoms with Gasteiger partial charge in [0.25, 0.3) is 0 Å². The molecule has 14 heteroatoms. The lowest BCUT2D eigenvalue weighted by Gasteiger charge is -2.16. The van der Waals surface area contributed by atoms with E-state index in [-0.39, 0.29) is 20.5 Å². The standard InChI is InChI=1S/C100H138O10S4/c1-11-17-23-29-35-41-57-105-95-69-90(50-48-52-92-72-100(110-62-46-40-34-28-22-16-6)94(74-98(92)108-60-44-38-32-26-20-14-4)56-54-84-65-87(77-113-81(9)103)68-88(66-84)78-114-82(10)104)96(106-58-42-36-30-24-18-12-2)70-89(95)49-47-51-91-71-99(109-61-45-39-33-27-21-15-5)93(73-97(91)107-59-43-37-31-25-19-13-3)55-53-83-63-85(75-111-79(7)101)67-86(64-83)76-112-80(8)102/h63-74H,11-46,49,52,57-62,75-78H2,1-10H3. The van der Waals surface area contributed by atoms with E-state index in [2.05, 4.69) is 119 Å². The molecule has 0 saturated heterocycles. The summed E-state index contributed by atoms with van der Waals surface area (Å²) in [6.45, 7) is 23.1. The maximum absolute atomic E-state index is 12.2. The molecule has 0 heterocycles. The van der Waals surface area contributed by atoms with Crippen LogP contribution in [0.1, 0.15) is 367 Å². The molecule has 622 valence electrons. The smallest absolute Gasteiger partial charge is 0.186 e. The van der Waals surface area contributed by atoms with E-state index in [9.17, 15) is 19.2 Å². The molecule has 0 aliphatic carbocycles. The monoisotopic (exact) mass is 1630 g/mol. The Labute approximate surface area is 707 Å². The van der Waals surface area contributed by atoms with Crippen molar-refractivity contribution in [3.05, 3.63) is 140 Å². The molecule has 0 unspecified atom stereocenters. The quantitative estimate of drug-likeness (QED) is 0.0271. The van der Waals surface area contributed by atoms with Gasteiger partial charge in [-0.25, -0.2) is 0 Å². The molecule has 5 rings (SSSR count). The molecule has 0 N–H and O–H groups in total. The Bertz CT molecular complexity index is 3830. The highest BCUT2D eigenvalue weighted by atomic mass is 32.2. The van der Waals surface area contributed by atoms with E-state index in [1.807, 2.05) is 42.5 Å². The van der Waals surface area contributed by atoms with Crippen LogP contribution in [0.2, 0.25) is 0 Å². The number of hydrogen-bond donors (Lipinski definition) is 0. The Kier molecular flexibility index (Phi) is 53.6. The van der Waals surface area contributed by atoms with Crippen LogP contribution in [0.4, 0.5) is 0 Å². The second-order valence-corrected chi connectivity index (χ2v) is 34.7. The zero-order valence-corrected chi connectivity index (χ0v) is 74.9. The summed E-state index contributed by atoms with van der Waals surface area (Å²) in [4.78, 5) is 48.6. The first-order valence-corrected chi connectivity index (χ1v) is 47.7. The van der Waals surface area contributed by atoms with Gasteiger partial charge in [-0.1, -0.05) is 341 Å². The van der Waals surface area contributed by atoms with E-state index >= 15 is 0 Å². The molecule has 0 spiro atoms. The molecule has 0 aliphatic heterocycles. The molecule has 114 heavy (non-hydrogen) atoms. The Morgan fingerprint density at radius 2 is 0.456 bits per heavy atom. The van der Waals surface area contributed by atoms with Gasteiger partial charge in [-0.05, 0) is 109 Å². The Morgan fingerprint density at radius 3 is 0.702 bits per heavy atom. The fourth-order valence-electron chi connectivity index (χ4n) is 13.1. The number of hydrogen-bond acceptors (Lipinski definition) is 14. The summed E-state index contributed by atoms with van der Waals surface area (Å²) in [5.41, 5.74) is 10.2. The average Bonchev–Trinajstić information content (AvgIpc) is 0.832. The normalized spacial score (nSPS) is 10.8. The van der Waals surface area contributed by atoms with Crippen LogP contribution in [0.3, 0.4) is 0 Å². The van der Waals surface area contributed by atoms with E-state index in [1.54, 1.807) is 27.7 Å². The van der Waals surface area contributed by atoms with Crippen LogP contribution in [0.15, 0.2) is 72.8 Å². The number of rotatable bonds is 58.